The molecule has 0 aliphatic heterocycles. The number of nitrogens with zero attached hydrogens (tertiary/aromatic N) is 1. The molecule has 6 heteroatoms. The molecule has 0 unspecified atom stereocenters. The summed E-state index contributed by atoms with van der Waals surface area (Å²) in [6.07, 6.45) is 0.876. The van der Waals surface area contributed by atoms with E-state index >= 15 is 0 Å². The number of amides is 2. The zero-order valence-corrected chi connectivity index (χ0v) is 11.6. The lowest BCUT2D eigenvalue weighted by molar-refractivity contribution is -0.125. The van der Waals surface area contributed by atoms with Crippen LogP contribution in [-0.2, 0) is 16.1 Å². The summed E-state index contributed by atoms with van der Waals surface area (Å²) in [6, 6.07) is 3.27. The first-order valence-corrected chi connectivity index (χ1v) is 6.19. The molecule has 19 heavy (non-hydrogen) atoms. The largest absolute Gasteiger partial charge is 0.454 e. The Morgan fingerprint density at radius 1 is 1.37 bits per heavy atom. The first kappa shape index (κ1) is 15.2. The van der Waals surface area contributed by atoms with Crippen molar-refractivity contribution in [2.45, 2.75) is 19.9 Å². The maximum Gasteiger partial charge on any atom is 0.289 e. The quantitative estimate of drug-likeness (QED) is 0.750. The minimum Gasteiger partial charge on any atom is -0.454 e. The van der Waals surface area contributed by atoms with E-state index in [0.29, 0.717) is 12.4 Å². The van der Waals surface area contributed by atoms with Crippen molar-refractivity contribution < 1.29 is 18.7 Å². The second kappa shape index (κ2) is 7.58. The lowest BCUT2D eigenvalue weighted by Crippen LogP contribution is -2.27. The smallest absolute Gasteiger partial charge is 0.289 e. The molecular formula is C13H20N2O4. The lowest BCUT2D eigenvalue weighted by atomic mass is 10.4. The molecule has 1 aromatic heterocycles. The maximum absolute atomic E-state index is 11.6. The van der Waals surface area contributed by atoms with Crippen molar-refractivity contribution in [3.8, 4) is 0 Å². The van der Waals surface area contributed by atoms with Gasteiger partial charge in [0.2, 0.25) is 5.91 Å². The van der Waals surface area contributed by atoms with Gasteiger partial charge >= 0.3 is 0 Å². The first-order valence-electron chi connectivity index (χ1n) is 6.19. The van der Waals surface area contributed by atoms with Crippen LogP contribution in [0.2, 0.25) is 0 Å². The molecule has 2 amide bonds. The summed E-state index contributed by atoms with van der Waals surface area (Å²) < 4.78 is 10.4. The van der Waals surface area contributed by atoms with Gasteiger partial charge in [-0.15, -0.1) is 0 Å². The van der Waals surface area contributed by atoms with Crippen LogP contribution in [0.5, 0.6) is 0 Å². The Balaban J connectivity index is 2.38. The molecule has 0 radical (unpaired) electrons. The molecule has 0 saturated carbocycles. The van der Waals surface area contributed by atoms with Gasteiger partial charge in [0.1, 0.15) is 12.4 Å². The average Bonchev–Trinajstić information content (AvgIpc) is 2.84. The number of hydrogen-bond donors (Lipinski definition) is 1. The molecule has 1 heterocycles. The topological polar surface area (TPSA) is 71.8 Å². The molecule has 106 valence electrons. The van der Waals surface area contributed by atoms with Crippen LogP contribution < -0.4 is 5.32 Å². The monoisotopic (exact) mass is 268 g/mol. The normalized spacial score (nSPS) is 10.3. The Hall–Kier alpha value is -1.82. The maximum atomic E-state index is 11.6. The molecule has 1 N–H and O–H groups in total. The molecule has 1 rings (SSSR count). The average molecular weight is 268 g/mol. The van der Waals surface area contributed by atoms with Gasteiger partial charge in [-0.1, -0.05) is 6.92 Å². The number of carbonyl (C=O) groups excluding carboxylic acids is 2. The summed E-state index contributed by atoms with van der Waals surface area (Å²) in [4.78, 5) is 24.4. The molecule has 0 fully saturated rings. The number of ether oxygens (including phenoxy) is 1. The zero-order chi connectivity index (χ0) is 14.3. The fourth-order valence-electron chi connectivity index (χ4n) is 1.35. The lowest BCUT2D eigenvalue weighted by Gasteiger charge is -2.07. The summed E-state index contributed by atoms with van der Waals surface area (Å²) in [6.45, 7) is 2.83. The molecule has 0 atom stereocenters. The number of nitrogens with one attached hydrogen (secondary N) is 1. The van der Waals surface area contributed by atoms with E-state index in [0.717, 1.165) is 6.42 Å². The van der Waals surface area contributed by atoms with Crippen LogP contribution in [0.4, 0.5) is 0 Å². The SMILES string of the molecule is CCCOCC(=O)NCc1ccc(C(=O)N(C)C)o1. The fraction of sp³-hybridized carbons (Fsp3) is 0.538. The van der Waals surface area contributed by atoms with Gasteiger partial charge in [-0.3, -0.25) is 9.59 Å². The molecule has 0 bridgehead atoms. The first-order chi connectivity index (χ1) is 9.04. The third kappa shape index (κ3) is 5.13. The van der Waals surface area contributed by atoms with Crippen molar-refractivity contribution in [1.82, 2.24) is 10.2 Å². The van der Waals surface area contributed by atoms with Crippen LogP contribution >= 0.6 is 0 Å². The van der Waals surface area contributed by atoms with E-state index in [1.165, 1.54) is 4.90 Å². The highest BCUT2D eigenvalue weighted by Gasteiger charge is 2.13. The third-order valence-corrected chi connectivity index (χ3v) is 2.32. The van der Waals surface area contributed by atoms with Crippen molar-refractivity contribution in [2.75, 3.05) is 27.3 Å². The fourth-order valence-corrected chi connectivity index (χ4v) is 1.35. The van der Waals surface area contributed by atoms with Gasteiger partial charge < -0.3 is 19.4 Å². The Kier molecular flexibility index (Phi) is 6.08. The number of carbonyl (C=O) groups is 2. The Morgan fingerprint density at radius 3 is 2.74 bits per heavy atom. The van der Waals surface area contributed by atoms with Crippen LogP contribution in [-0.4, -0.2) is 44.0 Å². The van der Waals surface area contributed by atoms with E-state index < -0.39 is 0 Å². The summed E-state index contributed by atoms with van der Waals surface area (Å²) in [5, 5.41) is 2.66. The van der Waals surface area contributed by atoms with Gasteiger partial charge in [-0.2, -0.15) is 0 Å². The van der Waals surface area contributed by atoms with E-state index in [-0.39, 0.29) is 30.7 Å². The van der Waals surface area contributed by atoms with Crippen LogP contribution in [0.3, 0.4) is 0 Å². The van der Waals surface area contributed by atoms with Crippen molar-refractivity contribution in [2.24, 2.45) is 0 Å². The minimum atomic E-state index is -0.205. The van der Waals surface area contributed by atoms with Crippen LogP contribution in [0, 0.1) is 0 Å². The highest BCUT2D eigenvalue weighted by atomic mass is 16.5. The van der Waals surface area contributed by atoms with Gasteiger partial charge in [0.15, 0.2) is 5.76 Å². The van der Waals surface area contributed by atoms with Crippen molar-refractivity contribution in [3.63, 3.8) is 0 Å². The molecule has 0 spiro atoms. The standard InChI is InChI=1S/C13H20N2O4/c1-4-7-18-9-12(16)14-8-10-5-6-11(19-10)13(17)15(2)3/h5-6H,4,7-9H2,1-3H3,(H,14,16). The van der Waals surface area contributed by atoms with Gasteiger partial charge in [-0.05, 0) is 18.6 Å². The van der Waals surface area contributed by atoms with E-state index in [1.807, 2.05) is 6.92 Å². The summed E-state index contributed by atoms with van der Waals surface area (Å²) in [5.41, 5.74) is 0. The number of furan rings is 1. The predicted molar refractivity (Wildman–Crippen MR) is 69.7 cm³/mol. The number of hydrogen-bond acceptors (Lipinski definition) is 4. The second-order valence-corrected chi connectivity index (χ2v) is 4.29. The van der Waals surface area contributed by atoms with Crippen LogP contribution in [0.1, 0.15) is 29.7 Å². The summed E-state index contributed by atoms with van der Waals surface area (Å²) in [7, 11) is 3.30. The zero-order valence-electron chi connectivity index (χ0n) is 11.6. The molecule has 6 nitrogen and oxygen atoms in total. The second-order valence-electron chi connectivity index (χ2n) is 4.29. The highest BCUT2D eigenvalue weighted by molar-refractivity contribution is 5.91. The Labute approximate surface area is 112 Å². The molecule has 0 saturated heterocycles. The molecule has 0 aliphatic carbocycles. The van der Waals surface area contributed by atoms with E-state index in [9.17, 15) is 9.59 Å². The molecule has 1 aromatic rings. The summed E-state index contributed by atoms with van der Waals surface area (Å²) >= 11 is 0. The van der Waals surface area contributed by atoms with E-state index in [2.05, 4.69) is 5.32 Å². The Morgan fingerprint density at radius 2 is 2.11 bits per heavy atom. The Bertz CT molecular complexity index is 426. The molecule has 0 aromatic carbocycles. The van der Waals surface area contributed by atoms with Crippen LogP contribution in [0.25, 0.3) is 0 Å². The third-order valence-electron chi connectivity index (χ3n) is 2.32. The number of rotatable bonds is 7. The van der Waals surface area contributed by atoms with Crippen molar-refractivity contribution >= 4 is 11.8 Å². The van der Waals surface area contributed by atoms with E-state index in [1.54, 1.807) is 26.2 Å². The van der Waals surface area contributed by atoms with E-state index in [4.69, 9.17) is 9.15 Å². The van der Waals surface area contributed by atoms with Crippen LogP contribution in [0.15, 0.2) is 16.5 Å². The van der Waals surface area contributed by atoms with Crippen molar-refractivity contribution in [1.29, 1.82) is 0 Å². The molecular weight excluding hydrogens is 248 g/mol. The van der Waals surface area contributed by atoms with Gasteiger partial charge in [0.05, 0.1) is 6.54 Å². The van der Waals surface area contributed by atoms with Gasteiger partial charge in [0.25, 0.3) is 5.91 Å². The van der Waals surface area contributed by atoms with Gasteiger partial charge in [0, 0.05) is 20.7 Å². The predicted octanol–water partition coefficient (Wildman–Crippen LogP) is 1.02. The van der Waals surface area contributed by atoms with Crippen molar-refractivity contribution in [3.05, 3.63) is 23.7 Å². The summed E-state index contributed by atoms with van der Waals surface area (Å²) in [5.74, 6) is 0.389. The van der Waals surface area contributed by atoms with Gasteiger partial charge in [-0.25, -0.2) is 0 Å². The minimum absolute atomic E-state index is 0.0397. The highest BCUT2D eigenvalue weighted by Crippen LogP contribution is 2.09. The molecule has 0 aliphatic rings.